The van der Waals surface area contributed by atoms with E-state index in [0.29, 0.717) is 42.2 Å². The molecule has 0 spiro atoms. The first kappa shape index (κ1) is 35.8. The van der Waals surface area contributed by atoms with Crippen LogP contribution in [0, 0.1) is 3.57 Å². The van der Waals surface area contributed by atoms with Gasteiger partial charge >= 0.3 is 0 Å². The third-order valence-corrected chi connectivity index (χ3v) is 9.42. The monoisotopic (exact) mass is 810 g/mol. The van der Waals surface area contributed by atoms with Crippen LogP contribution >= 0.6 is 45.8 Å². The highest BCUT2D eigenvalue weighted by atomic mass is 127. The number of carbonyl (C=O) groups excluding carboxylic acids is 2. The molecule has 11 nitrogen and oxygen atoms in total. The lowest BCUT2D eigenvalue weighted by atomic mass is 9.87. The summed E-state index contributed by atoms with van der Waals surface area (Å²) >= 11 is 14.6. The van der Waals surface area contributed by atoms with Gasteiger partial charge in [0, 0.05) is 30.5 Å². The van der Waals surface area contributed by atoms with Crippen molar-refractivity contribution in [2.75, 3.05) is 27.4 Å². The van der Waals surface area contributed by atoms with Gasteiger partial charge < -0.3 is 44.2 Å². The van der Waals surface area contributed by atoms with Crippen molar-refractivity contribution in [3.63, 3.8) is 0 Å². The molecule has 0 aliphatic heterocycles. The second kappa shape index (κ2) is 15.8. The second-order valence-electron chi connectivity index (χ2n) is 11.0. The Morgan fingerprint density at radius 3 is 2.48 bits per heavy atom. The Labute approximate surface area is 300 Å². The SMILES string of the molecule is COc1cc(CO)cc(I)c1O[C@H]1C=C(C(=O)NCCO)C[C@@H](N(Cc2ccc(Cl)c(Cl)c2)C(=O)c2cc3cccc(OC)c3o2)[C@@H]1O. The topological polar surface area (TPSA) is 151 Å². The lowest BCUT2D eigenvalue weighted by Crippen LogP contribution is -2.54. The number of hydrogen-bond donors (Lipinski definition) is 4. The van der Waals surface area contributed by atoms with Crippen molar-refractivity contribution in [2.45, 2.75) is 37.8 Å². The summed E-state index contributed by atoms with van der Waals surface area (Å²) in [5.74, 6) is -0.0648. The van der Waals surface area contributed by atoms with Crippen molar-refractivity contribution >= 4 is 68.6 Å². The summed E-state index contributed by atoms with van der Waals surface area (Å²) < 4.78 is 23.9. The molecule has 0 saturated carbocycles. The minimum absolute atomic E-state index is 0.00397. The molecule has 1 aliphatic rings. The first-order valence-electron chi connectivity index (χ1n) is 14.8. The lowest BCUT2D eigenvalue weighted by Gasteiger charge is -2.40. The highest BCUT2D eigenvalue weighted by Crippen LogP contribution is 2.38. The minimum atomic E-state index is -1.36. The number of halogens is 3. The zero-order valence-corrected chi connectivity index (χ0v) is 29.6. The smallest absolute Gasteiger partial charge is 0.290 e. The van der Waals surface area contributed by atoms with E-state index >= 15 is 0 Å². The molecule has 0 unspecified atom stereocenters. The number of aliphatic hydroxyl groups excluding tert-OH is 3. The number of nitrogens with one attached hydrogen (secondary N) is 1. The molecule has 14 heteroatoms. The van der Waals surface area contributed by atoms with E-state index in [0.717, 1.165) is 0 Å². The van der Waals surface area contributed by atoms with E-state index < -0.39 is 30.1 Å². The summed E-state index contributed by atoms with van der Waals surface area (Å²) in [5, 5.41) is 34.9. The molecule has 1 heterocycles. The molecule has 0 saturated heterocycles. The van der Waals surface area contributed by atoms with Gasteiger partial charge in [0.2, 0.25) is 5.91 Å². The van der Waals surface area contributed by atoms with E-state index in [1.165, 1.54) is 25.2 Å². The van der Waals surface area contributed by atoms with Crippen molar-refractivity contribution < 1.29 is 43.5 Å². The van der Waals surface area contributed by atoms with Crippen molar-refractivity contribution in [3.05, 3.63) is 96.7 Å². The van der Waals surface area contributed by atoms with E-state index in [-0.39, 0.29) is 54.8 Å². The number of para-hydroxylation sites is 1. The molecule has 0 fully saturated rings. The molecule has 3 aromatic carbocycles. The molecule has 0 radical (unpaired) electrons. The van der Waals surface area contributed by atoms with Crippen LogP contribution in [0.4, 0.5) is 0 Å². The minimum Gasteiger partial charge on any atom is -0.493 e. The van der Waals surface area contributed by atoms with Crippen LogP contribution in [0.1, 0.15) is 28.1 Å². The Balaban J connectivity index is 1.60. The molecular weight excluding hydrogens is 778 g/mol. The number of nitrogens with zero attached hydrogens (tertiary/aromatic N) is 1. The van der Waals surface area contributed by atoms with Gasteiger partial charge in [0.15, 0.2) is 28.6 Å². The van der Waals surface area contributed by atoms with Crippen LogP contribution in [0.3, 0.4) is 0 Å². The van der Waals surface area contributed by atoms with Gasteiger partial charge in [0.1, 0.15) is 12.2 Å². The fraction of sp³-hybridized carbons (Fsp3) is 0.294. The van der Waals surface area contributed by atoms with Gasteiger partial charge in [-0.3, -0.25) is 9.59 Å². The summed E-state index contributed by atoms with van der Waals surface area (Å²) in [5.41, 5.74) is 1.79. The van der Waals surface area contributed by atoms with Gasteiger partial charge in [0.25, 0.3) is 5.91 Å². The molecule has 48 heavy (non-hydrogen) atoms. The number of methoxy groups -OCH3 is 2. The number of hydrogen-bond acceptors (Lipinski definition) is 9. The molecule has 1 aliphatic carbocycles. The van der Waals surface area contributed by atoms with Crippen LogP contribution in [0.5, 0.6) is 17.2 Å². The summed E-state index contributed by atoms with van der Waals surface area (Å²) in [7, 11) is 2.94. The van der Waals surface area contributed by atoms with Crippen molar-refractivity contribution in [3.8, 4) is 17.2 Å². The first-order valence-corrected chi connectivity index (χ1v) is 16.6. The Hall–Kier alpha value is -3.53. The fourth-order valence-electron chi connectivity index (χ4n) is 5.51. The molecule has 1 aromatic heterocycles. The van der Waals surface area contributed by atoms with Crippen LogP contribution in [0.25, 0.3) is 11.0 Å². The van der Waals surface area contributed by atoms with Crippen LogP contribution in [0.15, 0.2) is 70.7 Å². The highest BCUT2D eigenvalue weighted by molar-refractivity contribution is 14.1. The molecule has 3 atom stereocenters. The van der Waals surface area contributed by atoms with Gasteiger partial charge in [0.05, 0.1) is 47.1 Å². The predicted octanol–water partition coefficient (Wildman–Crippen LogP) is 5.11. The number of ether oxygens (including phenoxy) is 3. The van der Waals surface area contributed by atoms with Crippen molar-refractivity contribution in [2.24, 2.45) is 0 Å². The van der Waals surface area contributed by atoms with E-state index in [9.17, 15) is 24.9 Å². The predicted molar refractivity (Wildman–Crippen MR) is 188 cm³/mol. The van der Waals surface area contributed by atoms with Crippen LogP contribution in [0.2, 0.25) is 10.0 Å². The summed E-state index contributed by atoms with van der Waals surface area (Å²) in [6, 6.07) is 14.1. The van der Waals surface area contributed by atoms with Crippen LogP contribution < -0.4 is 19.5 Å². The van der Waals surface area contributed by atoms with Gasteiger partial charge in [-0.1, -0.05) is 41.4 Å². The maximum absolute atomic E-state index is 14.4. The standard InChI is InChI=1S/C34H33Cl2IN2O9/c1-45-26-5-3-4-20-14-29(48-31(20)26)34(44)39(16-18-6-7-22(35)23(36)10-18)25-13-21(33(43)38-8-9-40)15-27(30(25)42)47-32-24(37)11-19(17-41)12-28(32)46-2/h3-7,10-12,14-15,25,27,30,40-42H,8-9,13,16-17H2,1-2H3,(H,38,43)/t25-,27+,30+/m1/s1. The number of benzene rings is 3. The van der Waals surface area contributed by atoms with E-state index in [4.69, 9.17) is 41.8 Å². The zero-order valence-electron chi connectivity index (χ0n) is 25.9. The van der Waals surface area contributed by atoms with Gasteiger partial charge in [-0.15, -0.1) is 0 Å². The van der Waals surface area contributed by atoms with E-state index in [1.807, 2.05) is 22.6 Å². The van der Waals surface area contributed by atoms with Crippen molar-refractivity contribution in [1.82, 2.24) is 10.2 Å². The normalized spacial score (nSPS) is 17.5. The maximum atomic E-state index is 14.4. The van der Waals surface area contributed by atoms with Crippen LogP contribution in [-0.2, 0) is 17.9 Å². The summed E-state index contributed by atoms with van der Waals surface area (Å²) in [6.07, 6.45) is -1.06. The average Bonchev–Trinajstić information content (AvgIpc) is 3.53. The highest BCUT2D eigenvalue weighted by Gasteiger charge is 2.42. The zero-order chi connectivity index (χ0) is 34.5. The maximum Gasteiger partial charge on any atom is 0.290 e. The number of furan rings is 1. The van der Waals surface area contributed by atoms with Gasteiger partial charge in [-0.25, -0.2) is 0 Å². The quantitative estimate of drug-likeness (QED) is 0.143. The largest absolute Gasteiger partial charge is 0.493 e. The fourth-order valence-corrected chi connectivity index (χ4v) is 6.63. The summed E-state index contributed by atoms with van der Waals surface area (Å²) in [4.78, 5) is 29.2. The molecular formula is C34H33Cl2IN2O9. The second-order valence-corrected chi connectivity index (χ2v) is 12.9. The van der Waals surface area contributed by atoms with E-state index in [2.05, 4.69) is 5.32 Å². The first-order chi connectivity index (χ1) is 23.1. The van der Waals surface area contributed by atoms with Gasteiger partial charge in [-0.2, -0.15) is 0 Å². The number of amides is 2. The van der Waals surface area contributed by atoms with Crippen LogP contribution in [-0.4, -0.2) is 77.7 Å². The Morgan fingerprint density at radius 2 is 1.79 bits per heavy atom. The third-order valence-electron chi connectivity index (χ3n) is 7.88. The molecule has 4 aromatic rings. The summed E-state index contributed by atoms with van der Waals surface area (Å²) in [6.45, 7) is -0.559. The van der Waals surface area contributed by atoms with Crippen molar-refractivity contribution in [1.29, 1.82) is 0 Å². The third kappa shape index (κ3) is 7.69. The molecule has 4 N–H and O–H groups in total. The molecule has 2 amide bonds. The lowest BCUT2D eigenvalue weighted by molar-refractivity contribution is -0.118. The number of fused-ring (bicyclic) bond motifs is 1. The molecule has 254 valence electrons. The van der Waals surface area contributed by atoms with Gasteiger partial charge in [-0.05, 0) is 76.2 Å². The number of carbonyl (C=O) groups is 2. The molecule has 5 rings (SSSR count). The Morgan fingerprint density at radius 1 is 1.02 bits per heavy atom. The molecule has 0 bridgehead atoms. The van der Waals surface area contributed by atoms with E-state index in [1.54, 1.807) is 54.6 Å². The number of aliphatic hydroxyl groups is 3. The Kier molecular flexibility index (Phi) is 11.8. The number of rotatable bonds is 12. The average molecular weight is 811 g/mol. The Bertz CT molecular complexity index is 1850.